The van der Waals surface area contributed by atoms with Crippen molar-refractivity contribution in [3.63, 3.8) is 0 Å². The molecule has 0 aliphatic rings. The van der Waals surface area contributed by atoms with E-state index >= 15 is 0 Å². The number of aromatic amines is 1. The molecular weight excluding hydrogens is 272 g/mol. The lowest BCUT2D eigenvalue weighted by molar-refractivity contribution is 0.0683. The van der Waals surface area contributed by atoms with Gasteiger partial charge in [-0.15, -0.1) is 0 Å². The van der Waals surface area contributed by atoms with Crippen LogP contribution in [0.2, 0.25) is 0 Å². The molecule has 0 aliphatic heterocycles. The molecule has 0 unspecified atom stereocenters. The van der Waals surface area contributed by atoms with E-state index in [-0.39, 0.29) is 11.2 Å². The van der Waals surface area contributed by atoms with Crippen molar-refractivity contribution in [3.05, 3.63) is 29.7 Å². The molecule has 0 saturated carbocycles. The van der Waals surface area contributed by atoms with E-state index in [4.69, 9.17) is 5.11 Å². The maximum Gasteiger partial charge on any atom is 0.374 e. The molecule has 0 fully saturated rings. The van der Waals surface area contributed by atoms with Crippen LogP contribution in [0.25, 0.3) is 0 Å². The fraction of sp³-hybridized carbons (Fsp3) is 0.462. The van der Waals surface area contributed by atoms with Gasteiger partial charge in [-0.2, -0.15) is 5.10 Å². The van der Waals surface area contributed by atoms with Crippen molar-refractivity contribution in [3.8, 4) is 0 Å². The minimum atomic E-state index is -1.14. The number of H-pyrrole nitrogens is 1. The molecule has 0 amide bonds. The summed E-state index contributed by atoms with van der Waals surface area (Å²) in [7, 11) is 0. The molecule has 0 saturated heterocycles. The Hall–Kier alpha value is -2.51. The monoisotopic (exact) mass is 290 g/mol. The number of anilines is 1. The van der Waals surface area contributed by atoms with E-state index in [0.717, 1.165) is 5.82 Å². The van der Waals surface area contributed by atoms with Crippen molar-refractivity contribution in [1.82, 2.24) is 25.1 Å². The van der Waals surface area contributed by atoms with Gasteiger partial charge in [0, 0.05) is 24.4 Å². The van der Waals surface area contributed by atoms with Crippen LogP contribution in [-0.2, 0) is 11.8 Å². The van der Waals surface area contributed by atoms with Gasteiger partial charge in [-0.3, -0.25) is 5.10 Å². The molecule has 2 aromatic heterocycles. The first-order valence-corrected chi connectivity index (χ1v) is 6.57. The van der Waals surface area contributed by atoms with Crippen LogP contribution >= 0.6 is 0 Å². The van der Waals surface area contributed by atoms with Crippen LogP contribution in [0.3, 0.4) is 0 Å². The highest BCUT2D eigenvalue weighted by molar-refractivity contribution is 5.83. The van der Waals surface area contributed by atoms with Crippen LogP contribution < -0.4 is 5.32 Å². The SMILES string of the molecule is CC(C)(C)c1cc(NCCc2ncn[nH]2)nc(C(=O)O)n1. The van der Waals surface area contributed by atoms with Crippen molar-refractivity contribution in [1.29, 1.82) is 0 Å². The Balaban J connectivity index is 2.14. The van der Waals surface area contributed by atoms with E-state index in [1.165, 1.54) is 6.33 Å². The Kier molecular flexibility index (Phi) is 4.15. The van der Waals surface area contributed by atoms with Crippen molar-refractivity contribution < 1.29 is 9.90 Å². The van der Waals surface area contributed by atoms with Gasteiger partial charge < -0.3 is 10.4 Å². The Morgan fingerprint density at radius 1 is 1.38 bits per heavy atom. The number of carbonyl (C=O) groups is 1. The summed E-state index contributed by atoms with van der Waals surface area (Å²) in [6, 6.07) is 1.77. The summed E-state index contributed by atoms with van der Waals surface area (Å²) < 4.78 is 0. The van der Waals surface area contributed by atoms with E-state index in [1.54, 1.807) is 6.07 Å². The van der Waals surface area contributed by atoms with E-state index in [9.17, 15) is 4.79 Å². The summed E-state index contributed by atoms with van der Waals surface area (Å²) in [6.07, 6.45) is 2.08. The summed E-state index contributed by atoms with van der Waals surface area (Å²) in [6.45, 7) is 6.48. The van der Waals surface area contributed by atoms with Crippen LogP contribution in [0.1, 0.15) is 42.9 Å². The van der Waals surface area contributed by atoms with Gasteiger partial charge in [-0.1, -0.05) is 20.8 Å². The predicted octanol–water partition coefficient (Wildman–Crippen LogP) is 1.24. The minimum Gasteiger partial charge on any atom is -0.475 e. The summed E-state index contributed by atoms with van der Waals surface area (Å²) in [5.41, 5.74) is 0.422. The van der Waals surface area contributed by atoms with Gasteiger partial charge >= 0.3 is 5.97 Å². The molecule has 0 bridgehead atoms. The predicted molar refractivity (Wildman–Crippen MR) is 76.3 cm³/mol. The lowest BCUT2D eigenvalue weighted by Gasteiger charge is -2.19. The van der Waals surface area contributed by atoms with Gasteiger partial charge in [0.2, 0.25) is 5.82 Å². The fourth-order valence-electron chi connectivity index (χ4n) is 1.68. The minimum absolute atomic E-state index is 0.204. The number of carboxylic acids is 1. The number of aromatic nitrogens is 5. The van der Waals surface area contributed by atoms with Crippen molar-refractivity contribution >= 4 is 11.8 Å². The Labute approximate surface area is 122 Å². The van der Waals surface area contributed by atoms with Crippen molar-refractivity contribution in [2.45, 2.75) is 32.6 Å². The maximum absolute atomic E-state index is 11.1. The van der Waals surface area contributed by atoms with Crippen LogP contribution in [0.4, 0.5) is 5.82 Å². The Morgan fingerprint density at radius 3 is 2.71 bits per heavy atom. The third kappa shape index (κ3) is 3.98. The highest BCUT2D eigenvalue weighted by atomic mass is 16.4. The number of hydrogen-bond acceptors (Lipinski definition) is 6. The zero-order chi connectivity index (χ0) is 15.5. The molecule has 2 aromatic rings. The topological polar surface area (TPSA) is 117 Å². The van der Waals surface area contributed by atoms with Gasteiger partial charge in [-0.25, -0.2) is 19.7 Å². The smallest absolute Gasteiger partial charge is 0.374 e. The number of nitrogens with one attached hydrogen (secondary N) is 2. The first kappa shape index (κ1) is 14.9. The lowest BCUT2D eigenvalue weighted by Crippen LogP contribution is -2.19. The normalized spacial score (nSPS) is 11.4. The summed E-state index contributed by atoms with van der Waals surface area (Å²) >= 11 is 0. The second kappa shape index (κ2) is 5.86. The highest BCUT2D eigenvalue weighted by Gasteiger charge is 2.20. The number of rotatable bonds is 5. The average molecular weight is 290 g/mol. The number of nitrogens with zero attached hydrogens (tertiary/aromatic N) is 4. The van der Waals surface area contributed by atoms with E-state index in [0.29, 0.717) is 24.5 Å². The Morgan fingerprint density at radius 2 is 2.14 bits per heavy atom. The molecule has 3 N–H and O–H groups in total. The van der Waals surface area contributed by atoms with Gasteiger partial charge in [0.1, 0.15) is 18.0 Å². The zero-order valence-corrected chi connectivity index (χ0v) is 12.2. The quantitative estimate of drug-likeness (QED) is 0.758. The van der Waals surface area contributed by atoms with Gasteiger partial charge in [0.25, 0.3) is 0 Å². The van der Waals surface area contributed by atoms with E-state index < -0.39 is 5.97 Å². The molecule has 112 valence electrons. The standard InChI is InChI=1S/C13H18N6O2/c1-13(2,3)8-6-10(18-11(17-8)12(20)21)14-5-4-9-15-7-16-19-9/h6-7H,4-5H2,1-3H3,(H,20,21)(H,14,17,18)(H,15,16,19). The Bertz CT molecular complexity index is 618. The first-order chi connectivity index (χ1) is 9.86. The fourth-order valence-corrected chi connectivity index (χ4v) is 1.68. The van der Waals surface area contributed by atoms with Crippen molar-refractivity contribution in [2.24, 2.45) is 0 Å². The van der Waals surface area contributed by atoms with Crippen LogP contribution in [-0.4, -0.2) is 42.8 Å². The van der Waals surface area contributed by atoms with Crippen molar-refractivity contribution in [2.75, 3.05) is 11.9 Å². The molecular formula is C13H18N6O2. The molecule has 0 atom stereocenters. The molecule has 0 radical (unpaired) electrons. The average Bonchev–Trinajstić information content (AvgIpc) is 2.90. The molecule has 8 nitrogen and oxygen atoms in total. The number of aromatic carboxylic acids is 1. The van der Waals surface area contributed by atoms with Crippen LogP contribution in [0, 0.1) is 0 Å². The molecule has 0 aliphatic carbocycles. The third-order valence-electron chi connectivity index (χ3n) is 2.82. The molecule has 0 spiro atoms. The first-order valence-electron chi connectivity index (χ1n) is 6.57. The largest absolute Gasteiger partial charge is 0.475 e. The highest BCUT2D eigenvalue weighted by Crippen LogP contribution is 2.22. The van der Waals surface area contributed by atoms with Gasteiger partial charge in [0.05, 0.1) is 5.69 Å². The van der Waals surface area contributed by atoms with E-state index in [2.05, 4.69) is 30.5 Å². The summed E-state index contributed by atoms with van der Waals surface area (Å²) in [4.78, 5) is 23.2. The van der Waals surface area contributed by atoms with Crippen LogP contribution in [0.5, 0.6) is 0 Å². The molecule has 2 rings (SSSR count). The molecule has 0 aromatic carbocycles. The second-order valence-corrected chi connectivity index (χ2v) is 5.63. The summed E-state index contributed by atoms with van der Waals surface area (Å²) in [5.74, 6) is -0.0955. The third-order valence-corrected chi connectivity index (χ3v) is 2.82. The molecule has 21 heavy (non-hydrogen) atoms. The van der Waals surface area contributed by atoms with Crippen LogP contribution in [0.15, 0.2) is 12.4 Å². The second-order valence-electron chi connectivity index (χ2n) is 5.63. The lowest BCUT2D eigenvalue weighted by atomic mass is 9.92. The maximum atomic E-state index is 11.1. The molecule has 8 heteroatoms. The van der Waals surface area contributed by atoms with Gasteiger partial charge in [0.15, 0.2) is 0 Å². The zero-order valence-electron chi connectivity index (χ0n) is 12.2. The number of carboxylic acid groups (broad SMARTS) is 1. The van der Waals surface area contributed by atoms with E-state index in [1.807, 2.05) is 20.8 Å². The number of hydrogen-bond donors (Lipinski definition) is 3. The molecule has 2 heterocycles. The van der Waals surface area contributed by atoms with Gasteiger partial charge in [-0.05, 0) is 0 Å². The summed E-state index contributed by atoms with van der Waals surface area (Å²) in [5, 5.41) is 18.7.